The SMILES string of the molecule is C=C(F)OC(F)(F)C(F)(F)C(=C)F. The van der Waals surface area contributed by atoms with E-state index in [9.17, 15) is 26.3 Å². The Morgan fingerprint density at radius 1 is 1.00 bits per heavy atom. The van der Waals surface area contributed by atoms with Gasteiger partial charge < -0.3 is 4.74 Å². The third-order valence-electron chi connectivity index (χ3n) is 0.945. The molecule has 0 aromatic heterocycles. The first-order valence-corrected chi connectivity index (χ1v) is 2.75. The quantitative estimate of drug-likeness (QED) is 0.507. The van der Waals surface area contributed by atoms with Crippen molar-refractivity contribution in [2.24, 2.45) is 0 Å². The molecule has 0 saturated carbocycles. The lowest BCUT2D eigenvalue weighted by Gasteiger charge is -2.23. The van der Waals surface area contributed by atoms with Crippen LogP contribution in [0, 0.1) is 0 Å². The van der Waals surface area contributed by atoms with Crippen LogP contribution in [0.3, 0.4) is 0 Å². The Bertz CT molecular complexity index is 233. The maximum atomic E-state index is 12.1. The molecular weight excluding hydrogens is 202 g/mol. The number of alkyl halides is 4. The van der Waals surface area contributed by atoms with Crippen molar-refractivity contribution in [2.75, 3.05) is 0 Å². The van der Waals surface area contributed by atoms with Gasteiger partial charge in [0.05, 0.1) is 0 Å². The summed E-state index contributed by atoms with van der Waals surface area (Å²) in [6, 6.07) is -2.15. The van der Waals surface area contributed by atoms with Crippen molar-refractivity contribution in [1.82, 2.24) is 0 Å². The molecule has 0 aliphatic heterocycles. The minimum atomic E-state index is -5.34. The Kier molecular flexibility index (Phi) is 3.02. The zero-order valence-electron chi connectivity index (χ0n) is 6.09. The fourth-order valence-electron chi connectivity index (χ4n) is 0.361. The van der Waals surface area contributed by atoms with Gasteiger partial charge in [-0.05, 0) is 6.58 Å². The normalized spacial score (nSPS) is 12.5. The van der Waals surface area contributed by atoms with E-state index in [4.69, 9.17) is 0 Å². The van der Waals surface area contributed by atoms with Crippen LogP contribution in [0.2, 0.25) is 0 Å². The summed E-state index contributed by atoms with van der Waals surface area (Å²) in [4.78, 5) is 0. The van der Waals surface area contributed by atoms with E-state index in [-0.39, 0.29) is 0 Å². The van der Waals surface area contributed by atoms with Gasteiger partial charge in [0.25, 0.3) is 6.01 Å². The monoisotopic (exact) mass is 206 g/mol. The summed E-state index contributed by atoms with van der Waals surface area (Å²) < 4.78 is 74.6. The van der Waals surface area contributed by atoms with E-state index in [0.29, 0.717) is 0 Å². The van der Waals surface area contributed by atoms with E-state index in [0.717, 1.165) is 0 Å². The fourth-order valence-corrected chi connectivity index (χ4v) is 0.361. The molecule has 0 aromatic rings. The van der Waals surface area contributed by atoms with Crippen LogP contribution in [-0.2, 0) is 4.74 Å². The summed E-state index contributed by atoms with van der Waals surface area (Å²) in [5.41, 5.74) is 0. The van der Waals surface area contributed by atoms with Crippen molar-refractivity contribution >= 4 is 0 Å². The molecule has 0 N–H and O–H groups in total. The van der Waals surface area contributed by atoms with Crippen LogP contribution in [0.1, 0.15) is 0 Å². The fraction of sp³-hybridized carbons (Fsp3) is 0.333. The van der Waals surface area contributed by atoms with E-state index in [2.05, 4.69) is 11.3 Å². The Morgan fingerprint density at radius 3 is 1.62 bits per heavy atom. The highest BCUT2D eigenvalue weighted by Crippen LogP contribution is 2.41. The third kappa shape index (κ3) is 2.40. The molecule has 0 spiro atoms. The van der Waals surface area contributed by atoms with Crippen molar-refractivity contribution in [2.45, 2.75) is 12.0 Å². The number of hydrogen-bond acceptors (Lipinski definition) is 1. The van der Waals surface area contributed by atoms with Crippen LogP contribution in [0.15, 0.2) is 25.0 Å². The number of ether oxygens (including phenoxy) is 1. The second-order valence-corrected chi connectivity index (χ2v) is 1.95. The van der Waals surface area contributed by atoms with Gasteiger partial charge in [0.2, 0.25) is 0 Å². The van der Waals surface area contributed by atoms with E-state index in [1.807, 2.05) is 6.58 Å². The summed E-state index contributed by atoms with van der Waals surface area (Å²) in [5.74, 6) is -7.92. The smallest absolute Gasteiger partial charge is 0.402 e. The molecule has 0 saturated heterocycles. The highest BCUT2D eigenvalue weighted by atomic mass is 19.3. The van der Waals surface area contributed by atoms with E-state index in [1.165, 1.54) is 0 Å². The van der Waals surface area contributed by atoms with Gasteiger partial charge in [-0.3, -0.25) is 0 Å². The number of halogens is 6. The van der Waals surface area contributed by atoms with Gasteiger partial charge in [0.1, 0.15) is 0 Å². The molecule has 0 bridgehead atoms. The Morgan fingerprint density at radius 2 is 1.38 bits per heavy atom. The maximum absolute atomic E-state index is 12.1. The predicted molar refractivity (Wildman–Crippen MR) is 31.5 cm³/mol. The van der Waals surface area contributed by atoms with Gasteiger partial charge in [-0.15, -0.1) is 0 Å². The van der Waals surface area contributed by atoms with Crippen molar-refractivity contribution in [3.63, 3.8) is 0 Å². The summed E-state index contributed by atoms with van der Waals surface area (Å²) in [7, 11) is 0. The van der Waals surface area contributed by atoms with Gasteiger partial charge >= 0.3 is 12.0 Å². The average Bonchev–Trinajstić information content (AvgIpc) is 1.83. The highest BCUT2D eigenvalue weighted by molar-refractivity contribution is 5.03. The molecule has 1 nitrogen and oxygen atoms in total. The lowest BCUT2D eigenvalue weighted by molar-refractivity contribution is -0.329. The molecule has 0 atom stereocenters. The van der Waals surface area contributed by atoms with Crippen LogP contribution in [0.5, 0.6) is 0 Å². The zero-order chi connectivity index (χ0) is 10.9. The van der Waals surface area contributed by atoms with Crippen LogP contribution >= 0.6 is 0 Å². The molecule has 0 amide bonds. The lowest BCUT2D eigenvalue weighted by atomic mass is 10.3. The summed E-state index contributed by atoms with van der Waals surface area (Å²) in [5, 5.41) is 0. The maximum Gasteiger partial charge on any atom is 0.473 e. The Labute approximate surface area is 69.3 Å². The van der Waals surface area contributed by atoms with E-state index < -0.39 is 23.9 Å². The zero-order valence-corrected chi connectivity index (χ0v) is 6.09. The Balaban J connectivity index is 4.80. The van der Waals surface area contributed by atoms with Gasteiger partial charge in [-0.1, -0.05) is 6.58 Å². The number of hydrogen-bond donors (Lipinski definition) is 0. The Hall–Kier alpha value is -1.14. The predicted octanol–water partition coefficient (Wildman–Crippen LogP) is 3.16. The van der Waals surface area contributed by atoms with Crippen LogP contribution in [0.25, 0.3) is 0 Å². The molecule has 13 heavy (non-hydrogen) atoms. The first-order valence-electron chi connectivity index (χ1n) is 2.75. The standard InChI is InChI=1S/C6H4F6O/c1-3(7)5(9,10)6(11,12)13-4(2)8/h1-2H2. The van der Waals surface area contributed by atoms with Crippen LogP contribution < -0.4 is 0 Å². The molecule has 7 heteroatoms. The molecule has 0 aliphatic rings. The average molecular weight is 206 g/mol. The van der Waals surface area contributed by atoms with Crippen molar-refractivity contribution in [1.29, 1.82) is 0 Å². The van der Waals surface area contributed by atoms with Crippen LogP contribution in [-0.4, -0.2) is 12.0 Å². The molecule has 0 heterocycles. The van der Waals surface area contributed by atoms with Gasteiger partial charge in [0.15, 0.2) is 5.83 Å². The summed E-state index contributed by atoms with van der Waals surface area (Å²) in [6.45, 7) is 4.13. The van der Waals surface area contributed by atoms with Crippen molar-refractivity contribution in [3.05, 3.63) is 25.0 Å². The van der Waals surface area contributed by atoms with Crippen LogP contribution in [0.4, 0.5) is 26.3 Å². The largest absolute Gasteiger partial charge is 0.473 e. The molecule has 0 aliphatic carbocycles. The minimum absolute atomic E-state index is 1.97. The van der Waals surface area contributed by atoms with Gasteiger partial charge in [0, 0.05) is 0 Å². The minimum Gasteiger partial charge on any atom is -0.402 e. The molecule has 0 unspecified atom stereocenters. The third-order valence-corrected chi connectivity index (χ3v) is 0.945. The molecule has 0 aromatic carbocycles. The molecule has 0 rings (SSSR count). The molecule has 0 fully saturated rings. The van der Waals surface area contributed by atoms with Crippen molar-refractivity contribution < 1.29 is 31.1 Å². The molecule has 76 valence electrons. The lowest BCUT2D eigenvalue weighted by Crippen LogP contribution is -2.42. The molecule has 0 radical (unpaired) electrons. The first-order chi connectivity index (χ1) is 5.61. The second-order valence-electron chi connectivity index (χ2n) is 1.95. The van der Waals surface area contributed by atoms with E-state index >= 15 is 0 Å². The summed E-state index contributed by atoms with van der Waals surface area (Å²) >= 11 is 0. The van der Waals surface area contributed by atoms with Gasteiger partial charge in [-0.2, -0.15) is 22.0 Å². The number of rotatable bonds is 4. The van der Waals surface area contributed by atoms with E-state index in [1.54, 1.807) is 0 Å². The highest BCUT2D eigenvalue weighted by Gasteiger charge is 2.62. The molecular formula is C6H4F6O. The summed E-state index contributed by atoms with van der Waals surface area (Å²) in [6.07, 6.45) is -5.34. The topological polar surface area (TPSA) is 9.23 Å². The van der Waals surface area contributed by atoms with Crippen molar-refractivity contribution in [3.8, 4) is 0 Å². The van der Waals surface area contributed by atoms with Gasteiger partial charge in [-0.25, -0.2) is 4.39 Å². The second kappa shape index (κ2) is 3.31. The first kappa shape index (κ1) is 11.9.